The Kier molecular flexibility index (Phi) is 6.82. The summed E-state index contributed by atoms with van der Waals surface area (Å²) in [5.41, 5.74) is 1.57. The molecule has 1 aliphatic carbocycles. The lowest BCUT2D eigenvalue weighted by Gasteiger charge is -2.31. The van der Waals surface area contributed by atoms with Crippen LogP contribution in [0.3, 0.4) is 0 Å². The molecule has 2 aromatic carbocycles. The van der Waals surface area contributed by atoms with Crippen molar-refractivity contribution < 1.29 is 18.9 Å². The van der Waals surface area contributed by atoms with Crippen LogP contribution < -0.4 is 14.9 Å². The number of nitrogens with zero attached hydrogens (tertiary/aromatic N) is 1. The van der Waals surface area contributed by atoms with Gasteiger partial charge in [-0.05, 0) is 54.8 Å². The van der Waals surface area contributed by atoms with Crippen molar-refractivity contribution in [1.82, 2.24) is 0 Å². The molecule has 0 heterocycles. The molecule has 0 spiro atoms. The number of aliphatic hydroxyl groups is 1. The molecule has 1 fully saturated rings. The van der Waals surface area contributed by atoms with Gasteiger partial charge in [-0.15, -0.1) is 0 Å². The van der Waals surface area contributed by atoms with Gasteiger partial charge in [0.05, 0.1) is 13.2 Å². The third kappa shape index (κ3) is 4.60. The maximum absolute atomic E-state index is 14.1. The second kappa shape index (κ2) is 9.13. The second-order valence-electron chi connectivity index (χ2n) is 7.52. The van der Waals surface area contributed by atoms with E-state index in [-0.39, 0.29) is 6.10 Å². The van der Waals surface area contributed by atoms with Crippen LogP contribution >= 0.6 is 7.37 Å². The number of hydrogen-bond donors (Lipinski definition) is 1. The predicted molar refractivity (Wildman–Crippen MR) is 114 cm³/mol. The first-order chi connectivity index (χ1) is 13.4. The summed E-state index contributed by atoms with van der Waals surface area (Å²) in [4.78, 5) is 1.98. The molecule has 0 radical (unpaired) electrons. The Morgan fingerprint density at radius 2 is 1.61 bits per heavy atom. The van der Waals surface area contributed by atoms with E-state index >= 15 is 0 Å². The normalized spacial score (nSPS) is 18.3. The quantitative estimate of drug-likeness (QED) is 0.679. The van der Waals surface area contributed by atoms with Crippen molar-refractivity contribution in [2.45, 2.75) is 44.1 Å². The van der Waals surface area contributed by atoms with E-state index in [1.807, 2.05) is 43.3 Å². The van der Waals surface area contributed by atoms with Crippen LogP contribution in [0, 0.1) is 0 Å². The van der Waals surface area contributed by atoms with Crippen molar-refractivity contribution in [3.63, 3.8) is 0 Å². The molecule has 5 nitrogen and oxygen atoms in total. The van der Waals surface area contributed by atoms with Crippen molar-refractivity contribution in [1.29, 1.82) is 0 Å². The summed E-state index contributed by atoms with van der Waals surface area (Å²) < 4.78 is 25.5. The summed E-state index contributed by atoms with van der Waals surface area (Å²) in [6.45, 7) is 0. The van der Waals surface area contributed by atoms with E-state index in [0.717, 1.165) is 31.4 Å². The number of hydrogen-bond acceptors (Lipinski definition) is 5. The third-order valence-electron chi connectivity index (χ3n) is 5.32. The summed E-state index contributed by atoms with van der Waals surface area (Å²) in [5.74, 6) is -0.528. The van der Waals surface area contributed by atoms with Gasteiger partial charge in [0.2, 0.25) is 0 Å². The molecule has 6 heteroatoms. The monoisotopic (exact) mass is 403 g/mol. The summed E-state index contributed by atoms with van der Waals surface area (Å²) in [6.07, 6.45) is 5.01. The van der Waals surface area contributed by atoms with Crippen LogP contribution in [-0.4, -0.2) is 32.4 Å². The maximum atomic E-state index is 14.1. The van der Waals surface area contributed by atoms with Crippen molar-refractivity contribution in [2.24, 2.45) is 0 Å². The first-order valence-corrected chi connectivity index (χ1v) is 11.5. The fourth-order valence-corrected chi connectivity index (χ4v) is 5.88. The van der Waals surface area contributed by atoms with E-state index in [9.17, 15) is 9.67 Å². The van der Waals surface area contributed by atoms with E-state index in [4.69, 9.17) is 9.26 Å². The molecule has 1 N–H and O–H groups in total. The van der Waals surface area contributed by atoms with Crippen molar-refractivity contribution in [3.8, 4) is 5.75 Å². The third-order valence-corrected chi connectivity index (χ3v) is 7.89. The molecule has 1 saturated carbocycles. The highest BCUT2D eigenvalue weighted by atomic mass is 31.2. The molecule has 1 aliphatic rings. The van der Waals surface area contributed by atoms with Crippen molar-refractivity contribution >= 4 is 18.4 Å². The van der Waals surface area contributed by atoms with Gasteiger partial charge in [0.15, 0.2) is 5.85 Å². The standard InChI is InChI=1S/C22H30NO4P/c1-23(2)18-11-15-21(16-12-18)28(25,27-20-7-5-4-6-8-20)22(24)17-9-13-19(26-3)14-10-17/h9-16,20,22,24H,4-8H2,1-3H3. The number of aliphatic hydroxyl groups excluding tert-OH is 1. The minimum atomic E-state index is -3.53. The molecule has 0 bridgehead atoms. The summed E-state index contributed by atoms with van der Waals surface area (Å²) >= 11 is 0. The zero-order chi connectivity index (χ0) is 20.1. The Bertz CT molecular complexity index is 798. The molecule has 28 heavy (non-hydrogen) atoms. The van der Waals surface area contributed by atoms with Gasteiger partial charge in [-0.3, -0.25) is 4.57 Å². The summed E-state index contributed by atoms with van der Waals surface area (Å²) in [6, 6.07) is 14.5. The molecular weight excluding hydrogens is 373 g/mol. The van der Waals surface area contributed by atoms with Crippen molar-refractivity contribution in [2.75, 3.05) is 26.1 Å². The lowest BCUT2D eigenvalue weighted by atomic mass is 9.98. The van der Waals surface area contributed by atoms with Crippen LogP contribution in [0.5, 0.6) is 5.75 Å². The molecule has 3 rings (SSSR count). The average Bonchev–Trinajstić information content (AvgIpc) is 2.74. The zero-order valence-corrected chi connectivity index (χ0v) is 17.8. The SMILES string of the molecule is COc1ccc(C(O)P(=O)(OC2CCCCC2)c2ccc(N(C)C)cc2)cc1. The van der Waals surface area contributed by atoms with Crippen LogP contribution in [0.15, 0.2) is 48.5 Å². The van der Waals surface area contributed by atoms with Gasteiger partial charge in [-0.1, -0.05) is 31.4 Å². The maximum Gasteiger partial charge on any atom is 0.264 e. The van der Waals surface area contributed by atoms with E-state index in [0.29, 0.717) is 16.6 Å². The minimum absolute atomic E-state index is 0.0824. The summed E-state index contributed by atoms with van der Waals surface area (Å²) in [5, 5.41) is 11.7. The topological polar surface area (TPSA) is 59.0 Å². The van der Waals surface area contributed by atoms with Gasteiger partial charge in [-0.2, -0.15) is 0 Å². The Morgan fingerprint density at radius 3 is 2.14 bits per heavy atom. The first kappa shape index (κ1) is 20.9. The smallest absolute Gasteiger partial charge is 0.264 e. The van der Waals surface area contributed by atoms with Crippen LogP contribution in [0.25, 0.3) is 0 Å². The van der Waals surface area contributed by atoms with E-state index in [1.54, 1.807) is 31.4 Å². The van der Waals surface area contributed by atoms with E-state index in [2.05, 4.69) is 0 Å². The molecule has 0 aromatic heterocycles. The molecule has 2 aromatic rings. The molecule has 0 amide bonds. The number of rotatable bonds is 7. The van der Waals surface area contributed by atoms with Gasteiger partial charge in [0.1, 0.15) is 5.75 Å². The average molecular weight is 403 g/mol. The summed E-state index contributed by atoms with van der Waals surface area (Å²) in [7, 11) is 1.98. The number of anilines is 1. The lowest BCUT2D eigenvalue weighted by Crippen LogP contribution is -2.22. The molecule has 152 valence electrons. The number of methoxy groups -OCH3 is 1. The molecular formula is C22H30NO4P. The fraction of sp³-hybridized carbons (Fsp3) is 0.455. The Hall–Kier alpha value is -1.81. The van der Waals surface area contributed by atoms with Gasteiger partial charge in [0, 0.05) is 25.1 Å². The van der Waals surface area contributed by atoms with Gasteiger partial charge < -0.3 is 19.3 Å². The van der Waals surface area contributed by atoms with E-state index in [1.165, 1.54) is 6.42 Å². The highest BCUT2D eigenvalue weighted by Crippen LogP contribution is 2.59. The predicted octanol–water partition coefficient (Wildman–Crippen LogP) is 4.71. The van der Waals surface area contributed by atoms with E-state index < -0.39 is 13.2 Å². The van der Waals surface area contributed by atoms with Gasteiger partial charge in [0.25, 0.3) is 7.37 Å². The van der Waals surface area contributed by atoms with Gasteiger partial charge >= 0.3 is 0 Å². The first-order valence-electron chi connectivity index (χ1n) is 9.82. The lowest BCUT2D eigenvalue weighted by molar-refractivity contribution is 0.137. The highest BCUT2D eigenvalue weighted by Gasteiger charge is 2.39. The molecule has 0 saturated heterocycles. The van der Waals surface area contributed by atoms with Crippen LogP contribution in [0.2, 0.25) is 0 Å². The van der Waals surface area contributed by atoms with Crippen LogP contribution in [0.1, 0.15) is 43.5 Å². The number of benzene rings is 2. The van der Waals surface area contributed by atoms with Crippen molar-refractivity contribution in [3.05, 3.63) is 54.1 Å². The molecule has 0 aliphatic heterocycles. The van der Waals surface area contributed by atoms with Crippen LogP contribution in [-0.2, 0) is 9.09 Å². The largest absolute Gasteiger partial charge is 0.497 e. The Morgan fingerprint density at radius 1 is 1.00 bits per heavy atom. The second-order valence-corrected chi connectivity index (χ2v) is 9.93. The Balaban J connectivity index is 1.95. The highest BCUT2D eigenvalue weighted by molar-refractivity contribution is 7.67. The fourth-order valence-electron chi connectivity index (χ4n) is 3.58. The Labute approximate surface area is 167 Å². The molecule has 2 atom stereocenters. The number of ether oxygens (including phenoxy) is 1. The van der Waals surface area contributed by atoms with Gasteiger partial charge in [-0.25, -0.2) is 0 Å². The van der Waals surface area contributed by atoms with Crippen LogP contribution in [0.4, 0.5) is 5.69 Å². The zero-order valence-electron chi connectivity index (χ0n) is 16.9. The molecule has 2 unspecified atom stereocenters. The minimum Gasteiger partial charge on any atom is -0.497 e.